The second kappa shape index (κ2) is 16.7. The Kier molecular flexibility index (Phi) is 10.6. The maximum Gasteiger partial charge on any atom is 0.333 e. The highest BCUT2D eigenvalue weighted by Gasteiger charge is 2.36. The van der Waals surface area contributed by atoms with Gasteiger partial charge in [0.1, 0.15) is 19.3 Å². The molecule has 0 saturated heterocycles. The van der Waals surface area contributed by atoms with E-state index in [-0.39, 0.29) is 55.0 Å². The molecule has 48 heavy (non-hydrogen) atoms. The third kappa shape index (κ3) is 9.76. The molecule has 5 aromatic carbocycles. The molecule has 6 nitrogen and oxygen atoms in total. The number of benzene rings is 5. The molecule has 0 saturated carbocycles. The van der Waals surface area contributed by atoms with Gasteiger partial charge in [0.2, 0.25) is 0 Å². The minimum atomic E-state index is -2.55. The van der Waals surface area contributed by atoms with E-state index in [1.807, 2.05) is 141 Å². The Labute approximate surface area is 289 Å². The number of hydrogen-bond donors (Lipinski definition) is 0. The molecule has 0 aromatic heterocycles. The number of esters is 1. The summed E-state index contributed by atoms with van der Waals surface area (Å²) in [6.07, 6.45) is -1.26. The number of rotatable bonds is 15. The highest BCUT2D eigenvalue weighted by Crippen LogP contribution is 2.37. The minimum absolute atomic E-state index is 0.000163. The molecule has 7 heteroatoms. The van der Waals surface area contributed by atoms with E-state index < -0.39 is 26.4 Å². The largest absolute Gasteiger partial charge is 0.485 e. The van der Waals surface area contributed by atoms with E-state index in [2.05, 4.69) is 0 Å². The average Bonchev–Trinajstić information content (AvgIpc) is 3.13. The van der Waals surface area contributed by atoms with Gasteiger partial charge in [0.15, 0.2) is 25.9 Å². The van der Waals surface area contributed by atoms with E-state index in [9.17, 15) is 8.91 Å². The van der Waals surface area contributed by atoms with Gasteiger partial charge in [-0.1, -0.05) is 127 Å². The first-order valence-electron chi connectivity index (χ1n) is 17.6. The Morgan fingerprint density at radius 2 is 1.19 bits per heavy atom. The van der Waals surface area contributed by atoms with Crippen molar-refractivity contribution < 1.29 is 27.5 Å². The van der Waals surface area contributed by atoms with E-state index >= 15 is 0 Å². The highest BCUT2D eigenvalue weighted by molar-refractivity contribution is 6.69. The first-order valence-corrected chi connectivity index (χ1v) is 19.5. The van der Waals surface area contributed by atoms with Gasteiger partial charge in [-0.25, -0.2) is 4.79 Å². The number of carbonyl (C=O) groups excluding carboxylic acids is 1. The van der Waals surface area contributed by atoms with Crippen molar-refractivity contribution in [1.29, 1.82) is 0 Å². The zero-order valence-corrected chi connectivity index (χ0v) is 28.8. The minimum Gasteiger partial charge on any atom is -0.485 e. The molecule has 2 atom stereocenters. The summed E-state index contributed by atoms with van der Waals surface area (Å²) in [7, 11) is -2.55. The lowest BCUT2D eigenvalue weighted by atomic mass is 9.99. The summed E-state index contributed by atoms with van der Waals surface area (Å²) in [5, 5.41) is 0. The second-order valence-electron chi connectivity index (χ2n) is 12.1. The maximum atomic E-state index is 14.1. The van der Waals surface area contributed by atoms with Gasteiger partial charge < -0.3 is 18.6 Å². The van der Waals surface area contributed by atoms with Gasteiger partial charge in [0, 0.05) is 11.1 Å². The van der Waals surface area contributed by atoms with Crippen LogP contribution in [-0.2, 0) is 27.2 Å². The number of aliphatic imine (C=N–C) groups is 1. The van der Waals surface area contributed by atoms with Crippen LogP contribution >= 0.6 is 0 Å². The lowest BCUT2D eigenvalue weighted by molar-refractivity contribution is -0.147. The average molecular weight is 661 g/mol. The molecular weight excluding hydrogens is 615 g/mol. The topological polar surface area (TPSA) is 66.4 Å². The van der Waals surface area contributed by atoms with Crippen LogP contribution in [0.25, 0.3) is 0 Å². The van der Waals surface area contributed by atoms with Crippen LogP contribution < -0.4 is 9.47 Å². The zero-order chi connectivity index (χ0) is 36.4. The Morgan fingerprint density at radius 3 is 1.67 bits per heavy atom. The number of ether oxygens (including phenoxy) is 3. The maximum absolute atomic E-state index is 14.1. The third-order valence-corrected chi connectivity index (χ3v) is 8.12. The van der Waals surface area contributed by atoms with Gasteiger partial charge in [-0.3, -0.25) is 4.99 Å². The van der Waals surface area contributed by atoms with E-state index in [1.54, 1.807) is 6.92 Å². The second-order valence-corrected chi connectivity index (χ2v) is 16.5. The van der Waals surface area contributed by atoms with Crippen LogP contribution in [0.15, 0.2) is 144 Å². The van der Waals surface area contributed by atoms with Crippen molar-refractivity contribution in [3.8, 4) is 11.5 Å². The Hall–Kier alpha value is -4.98. The molecule has 0 heterocycles. The van der Waals surface area contributed by atoms with Gasteiger partial charge in [0.25, 0.3) is 0 Å². The van der Waals surface area contributed by atoms with E-state index in [1.165, 1.54) is 0 Å². The van der Waals surface area contributed by atoms with Gasteiger partial charge in [0.05, 0.1) is 16.4 Å². The fourth-order valence-corrected chi connectivity index (χ4v) is 5.99. The summed E-state index contributed by atoms with van der Waals surface area (Å²) < 4.78 is 52.9. The Morgan fingerprint density at radius 1 is 0.708 bits per heavy atom. The molecule has 0 spiro atoms. The molecule has 0 radical (unpaired) electrons. The first-order chi connectivity index (χ1) is 24.6. The van der Waals surface area contributed by atoms with Crippen molar-refractivity contribution in [2.24, 2.45) is 4.99 Å². The predicted molar refractivity (Wildman–Crippen MR) is 194 cm³/mol. The standard InChI is InChI=1S/C41H43NO5Si/c1-5-44-41(43)39(42-38(33-22-14-8-15-23-33)34-24-16-9-17-25-34)40(47-48(2,3)4)35-26-27-36(45-29-31-18-10-6-11-19-31)37(28-35)46-30-32-20-12-7-13-21-32/h6-28,39-40H,5,29-30H2,1-4H3/t39-,40+/m0/s1/i26D,27D,28D. The van der Waals surface area contributed by atoms with Gasteiger partial charge in [-0.2, -0.15) is 0 Å². The molecular formula is C41H43NO5Si. The van der Waals surface area contributed by atoms with Crippen LogP contribution in [0.3, 0.4) is 0 Å². The summed E-state index contributed by atoms with van der Waals surface area (Å²) in [4.78, 5) is 19.1. The first kappa shape index (κ1) is 30.4. The fraction of sp³-hybridized carbons (Fsp3) is 0.220. The molecule has 246 valence electrons. The lowest BCUT2D eigenvalue weighted by Crippen LogP contribution is -2.38. The lowest BCUT2D eigenvalue weighted by Gasteiger charge is -2.31. The van der Waals surface area contributed by atoms with Crippen LogP contribution in [0.1, 0.15) is 45.0 Å². The van der Waals surface area contributed by atoms with Crippen LogP contribution in [0.4, 0.5) is 0 Å². The van der Waals surface area contributed by atoms with Crippen molar-refractivity contribution in [3.63, 3.8) is 0 Å². The number of hydrogen-bond acceptors (Lipinski definition) is 6. The van der Waals surface area contributed by atoms with Crippen LogP contribution in [0.2, 0.25) is 19.6 Å². The smallest absolute Gasteiger partial charge is 0.333 e. The van der Waals surface area contributed by atoms with Crippen molar-refractivity contribution in [3.05, 3.63) is 167 Å². The number of nitrogens with zero attached hydrogens (tertiary/aromatic N) is 1. The SMILES string of the molecule is [2H]c1c([2H])c([C@@H](O[Si](C)(C)C)[C@H](N=C(c2ccccc2)c2ccccc2)C(=O)OCC)c([2H])c(OCc2ccccc2)c1OCc1ccccc1. The number of carbonyl (C=O) groups is 1. The van der Waals surface area contributed by atoms with Crippen LogP contribution in [0.5, 0.6) is 11.5 Å². The van der Waals surface area contributed by atoms with Crippen molar-refractivity contribution >= 4 is 20.0 Å². The summed E-state index contributed by atoms with van der Waals surface area (Å²) in [5.74, 6) is -0.731. The zero-order valence-electron chi connectivity index (χ0n) is 30.8. The highest BCUT2D eigenvalue weighted by atomic mass is 28.4. The summed E-state index contributed by atoms with van der Waals surface area (Å²) >= 11 is 0. The van der Waals surface area contributed by atoms with Gasteiger partial charge >= 0.3 is 5.97 Å². The molecule has 5 rings (SSSR count). The summed E-state index contributed by atoms with van der Waals surface area (Å²) in [6, 6.07) is 35.8. The molecule has 5 aromatic rings. The molecule has 0 amide bonds. The fourth-order valence-electron chi connectivity index (χ4n) is 4.98. The van der Waals surface area contributed by atoms with Gasteiger partial charge in [-0.15, -0.1) is 0 Å². The molecule has 0 unspecified atom stereocenters. The molecule has 0 N–H and O–H groups in total. The third-order valence-electron chi connectivity index (χ3n) is 7.16. The van der Waals surface area contributed by atoms with E-state index in [0.29, 0.717) is 5.71 Å². The normalized spacial score (nSPS) is 13.3. The molecule has 0 aliphatic carbocycles. The van der Waals surface area contributed by atoms with Crippen LogP contribution in [0, 0.1) is 0 Å². The summed E-state index contributed by atoms with van der Waals surface area (Å²) in [5.41, 5.74) is 3.73. The molecule has 0 bridgehead atoms. The summed E-state index contributed by atoms with van der Waals surface area (Å²) in [6.45, 7) is 7.84. The molecule has 0 aliphatic rings. The predicted octanol–water partition coefficient (Wildman–Crippen LogP) is 9.21. The Balaban J connectivity index is 1.73. The quantitative estimate of drug-likeness (QED) is 0.0636. The Bertz CT molecular complexity index is 1880. The van der Waals surface area contributed by atoms with Crippen molar-refractivity contribution in [2.45, 2.75) is 51.9 Å². The van der Waals surface area contributed by atoms with E-state index in [4.69, 9.17) is 23.6 Å². The molecule has 0 fully saturated rings. The monoisotopic (exact) mass is 660 g/mol. The molecule has 0 aliphatic heterocycles. The van der Waals surface area contributed by atoms with Crippen molar-refractivity contribution in [1.82, 2.24) is 0 Å². The van der Waals surface area contributed by atoms with E-state index in [0.717, 1.165) is 22.3 Å². The van der Waals surface area contributed by atoms with Crippen molar-refractivity contribution in [2.75, 3.05) is 6.61 Å². The van der Waals surface area contributed by atoms with Gasteiger partial charge in [-0.05, 0) is 55.3 Å². The van der Waals surface area contributed by atoms with Crippen LogP contribution in [-0.4, -0.2) is 32.6 Å².